The molecule has 8 heteroatoms. The van der Waals surface area contributed by atoms with Crippen molar-refractivity contribution in [3.05, 3.63) is 12.7 Å². The van der Waals surface area contributed by atoms with Crippen LogP contribution in [0.5, 0.6) is 0 Å². The SMILES string of the molecule is C=CC(=O)OC(C)(C)C.CCCO.CCCOCCC(=O)OC(C)(C)C.[K+].[OH-]. The molecule has 0 spiro atoms. The van der Waals surface area contributed by atoms with E-state index < -0.39 is 5.60 Å². The quantitative estimate of drug-likeness (QED) is 0.275. The molecule has 164 valence electrons. The summed E-state index contributed by atoms with van der Waals surface area (Å²) in [4.78, 5) is 21.6. The standard InChI is InChI=1S/C10H20O3.C7H12O2.C3H8O.K.H2O/c1-5-7-12-8-6-9(11)13-10(2,3)4;1-5-6(8)9-7(2,3)4;1-2-3-4;;/h5-8H2,1-4H3;5H,1H2,2-4H3;4H,2-3H2,1H3;;1H2/q;;;+1;/p-1. The van der Waals surface area contributed by atoms with Crippen LogP contribution in [-0.2, 0) is 23.8 Å². The Hall–Kier alpha value is 0.196. The Morgan fingerprint density at radius 3 is 1.61 bits per heavy atom. The minimum atomic E-state index is -0.398. The number of aliphatic hydroxyl groups excluding tert-OH is 1. The van der Waals surface area contributed by atoms with Crippen LogP contribution in [0.15, 0.2) is 12.7 Å². The number of aliphatic hydroxyl groups is 1. The topological polar surface area (TPSA) is 112 Å². The first-order valence-electron chi connectivity index (χ1n) is 9.08. The van der Waals surface area contributed by atoms with Gasteiger partial charge in [0.05, 0.1) is 13.0 Å². The summed E-state index contributed by atoms with van der Waals surface area (Å²) >= 11 is 0. The first-order chi connectivity index (χ1) is 11.8. The zero-order chi connectivity index (χ0) is 21.2. The smallest absolute Gasteiger partial charge is 0.870 e. The van der Waals surface area contributed by atoms with Crippen LogP contribution in [0.25, 0.3) is 0 Å². The second-order valence-electron chi connectivity index (χ2n) is 7.41. The van der Waals surface area contributed by atoms with Crippen LogP contribution in [-0.4, -0.2) is 53.5 Å². The van der Waals surface area contributed by atoms with Gasteiger partial charge in [-0.3, -0.25) is 4.79 Å². The third-order valence-corrected chi connectivity index (χ3v) is 2.02. The van der Waals surface area contributed by atoms with Gasteiger partial charge in [-0.2, -0.15) is 0 Å². The average Bonchev–Trinajstić information content (AvgIpc) is 2.49. The second-order valence-corrected chi connectivity index (χ2v) is 7.41. The van der Waals surface area contributed by atoms with E-state index in [4.69, 9.17) is 19.3 Å². The molecule has 0 unspecified atom stereocenters. The number of hydrogen-bond donors (Lipinski definition) is 1. The molecule has 2 N–H and O–H groups in total. The Labute approximate surface area is 214 Å². The molecule has 0 aliphatic rings. The largest absolute Gasteiger partial charge is 1.00 e. The summed E-state index contributed by atoms with van der Waals surface area (Å²) in [7, 11) is 0. The molecule has 0 saturated carbocycles. The average molecular weight is 433 g/mol. The van der Waals surface area contributed by atoms with Crippen LogP contribution in [0.2, 0.25) is 0 Å². The fourth-order valence-corrected chi connectivity index (χ4v) is 1.14. The van der Waals surface area contributed by atoms with Crippen molar-refractivity contribution in [3.8, 4) is 0 Å². The van der Waals surface area contributed by atoms with Gasteiger partial charge in [0.2, 0.25) is 0 Å². The molecule has 0 fully saturated rings. The fraction of sp³-hybridized carbons (Fsp3) is 0.800. The van der Waals surface area contributed by atoms with Gasteiger partial charge in [0.1, 0.15) is 11.2 Å². The van der Waals surface area contributed by atoms with E-state index in [9.17, 15) is 9.59 Å². The zero-order valence-corrected chi connectivity index (χ0v) is 22.6. The molecule has 0 amide bonds. The Morgan fingerprint density at radius 2 is 1.36 bits per heavy atom. The molecule has 0 radical (unpaired) electrons. The molecule has 7 nitrogen and oxygen atoms in total. The van der Waals surface area contributed by atoms with Crippen molar-refractivity contribution >= 4 is 11.9 Å². The van der Waals surface area contributed by atoms with Crippen LogP contribution in [0, 0.1) is 0 Å². The Kier molecular flexibility index (Phi) is 32.5. The van der Waals surface area contributed by atoms with E-state index in [1.165, 1.54) is 0 Å². The number of carbonyl (C=O) groups excluding carboxylic acids is 2. The van der Waals surface area contributed by atoms with E-state index in [1.54, 1.807) is 0 Å². The Morgan fingerprint density at radius 1 is 0.929 bits per heavy atom. The molecule has 0 aromatic carbocycles. The van der Waals surface area contributed by atoms with Gasteiger partial charge in [-0.1, -0.05) is 20.4 Å². The fourth-order valence-electron chi connectivity index (χ4n) is 1.14. The van der Waals surface area contributed by atoms with Gasteiger partial charge in [-0.25, -0.2) is 4.79 Å². The molecule has 28 heavy (non-hydrogen) atoms. The van der Waals surface area contributed by atoms with Crippen molar-refractivity contribution in [2.45, 2.75) is 85.9 Å². The van der Waals surface area contributed by atoms with Crippen LogP contribution in [0.4, 0.5) is 0 Å². The van der Waals surface area contributed by atoms with Crippen molar-refractivity contribution in [3.63, 3.8) is 0 Å². The molecular weight excluding hydrogens is 391 g/mol. The first-order valence-corrected chi connectivity index (χ1v) is 9.08. The normalized spacial score (nSPS) is 9.75. The summed E-state index contributed by atoms with van der Waals surface area (Å²) in [6.45, 7) is 19.7. The number of hydrogen-bond acceptors (Lipinski definition) is 7. The summed E-state index contributed by atoms with van der Waals surface area (Å²) in [5.74, 6) is -0.564. The van der Waals surface area contributed by atoms with Crippen LogP contribution >= 0.6 is 0 Å². The summed E-state index contributed by atoms with van der Waals surface area (Å²) in [5.41, 5.74) is -0.785. The summed E-state index contributed by atoms with van der Waals surface area (Å²) in [6.07, 6.45) is 3.36. The summed E-state index contributed by atoms with van der Waals surface area (Å²) in [6, 6.07) is 0. The number of carbonyl (C=O) groups is 2. The molecule has 0 bridgehead atoms. The van der Waals surface area contributed by atoms with Gasteiger partial charge in [-0.05, 0) is 54.4 Å². The zero-order valence-electron chi connectivity index (χ0n) is 19.5. The van der Waals surface area contributed by atoms with E-state index >= 15 is 0 Å². The molecule has 0 aromatic heterocycles. The van der Waals surface area contributed by atoms with Crippen molar-refractivity contribution in [1.29, 1.82) is 0 Å². The maximum atomic E-state index is 11.1. The minimum Gasteiger partial charge on any atom is -0.870 e. The monoisotopic (exact) mass is 432 g/mol. The van der Waals surface area contributed by atoms with E-state index in [-0.39, 0.29) is 74.4 Å². The van der Waals surface area contributed by atoms with Crippen molar-refractivity contribution in [1.82, 2.24) is 0 Å². The molecule has 0 aliphatic heterocycles. The van der Waals surface area contributed by atoms with Crippen molar-refractivity contribution in [2.24, 2.45) is 0 Å². The van der Waals surface area contributed by atoms with Gasteiger partial charge >= 0.3 is 63.3 Å². The first kappa shape index (κ1) is 38.8. The third kappa shape index (κ3) is 45.1. The van der Waals surface area contributed by atoms with Crippen molar-refractivity contribution < 1.29 is 85.8 Å². The molecule has 0 saturated heterocycles. The van der Waals surface area contributed by atoms with E-state index in [1.807, 2.05) is 55.4 Å². The maximum Gasteiger partial charge on any atom is 1.00 e. The van der Waals surface area contributed by atoms with Crippen molar-refractivity contribution in [2.75, 3.05) is 19.8 Å². The minimum absolute atomic E-state index is 0. The predicted molar refractivity (Wildman–Crippen MR) is 107 cm³/mol. The van der Waals surface area contributed by atoms with Gasteiger partial charge in [0.25, 0.3) is 0 Å². The maximum absolute atomic E-state index is 11.1. The molecule has 0 atom stereocenters. The second kappa shape index (κ2) is 23.5. The molecule has 0 rings (SSSR count). The number of ether oxygens (including phenoxy) is 3. The Balaban J connectivity index is -0.000000103. The van der Waals surface area contributed by atoms with Crippen LogP contribution in [0.3, 0.4) is 0 Å². The van der Waals surface area contributed by atoms with E-state index in [0.717, 1.165) is 18.9 Å². The van der Waals surface area contributed by atoms with Gasteiger partial charge < -0.3 is 24.8 Å². The Bertz CT molecular complexity index is 370. The van der Waals surface area contributed by atoms with Gasteiger partial charge in [0.15, 0.2) is 0 Å². The number of rotatable bonds is 7. The van der Waals surface area contributed by atoms with E-state index in [2.05, 4.69) is 6.58 Å². The molecular formula is C20H41KO7. The summed E-state index contributed by atoms with van der Waals surface area (Å²) < 4.78 is 15.1. The van der Waals surface area contributed by atoms with Gasteiger partial charge in [0, 0.05) is 19.3 Å². The van der Waals surface area contributed by atoms with Crippen LogP contribution < -0.4 is 51.4 Å². The predicted octanol–water partition coefficient (Wildman–Crippen LogP) is 0.875. The molecule has 0 heterocycles. The third-order valence-electron chi connectivity index (χ3n) is 2.02. The van der Waals surface area contributed by atoms with Gasteiger partial charge in [-0.15, -0.1) is 0 Å². The number of esters is 2. The molecule has 0 aromatic rings. The van der Waals surface area contributed by atoms with E-state index in [0.29, 0.717) is 26.2 Å². The van der Waals surface area contributed by atoms with Crippen LogP contribution in [0.1, 0.15) is 74.7 Å². The summed E-state index contributed by atoms with van der Waals surface area (Å²) in [5, 5.41) is 7.88. The molecule has 0 aliphatic carbocycles.